The van der Waals surface area contributed by atoms with Crippen LogP contribution in [0.3, 0.4) is 0 Å². The van der Waals surface area contributed by atoms with Crippen LogP contribution in [-0.2, 0) is 10.0 Å². The van der Waals surface area contributed by atoms with Crippen molar-refractivity contribution in [2.45, 2.75) is 38.6 Å². The van der Waals surface area contributed by atoms with Gasteiger partial charge in [0, 0.05) is 5.02 Å². The van der Waals surface area contributed by atoms with Crippen LogP contribution in [-0.4, -0.2) is 27.0 Å². The van der Waals surface area contributed by atoms with E-state index in [1.54, 1.807) is 20.8 Å². The summed E-state index contributed by atoms with van der Waals surface area (Å²) in [5.74, 6) is -0.440. The molecule has 0 fully saturated rings. The molecular formula is C19H23ClN2O4S. The van der Waals surface area contributed by atoms with Gasteiger partial charge in [-0.25, -0.2) is 13.1 Å². The molecule has 0 radical (unpaired) electrons. The Morgan fingerprint density at radius 1 is 1.19 bits per heavy atom. The summed E-state index contributed by atoms with van der Waals surface area (Å²) < 4.78 is 33.7. The van der Waals surface area contributed by atoms with Crippen molar-refractivity contribution in [1.29, 1.82) is 0 Å². The van der Waals surface area contributed by atoms with Crippen LogP contribution in [0.4, 0.5) is 0 Å². The van der Waals surface area contributed by atoms with Crippen LogP contribution in [0.25, 0.3) is 0 Å². The normalized spacial score (nSPS) is 12.6. The number of carbonyl (C=O) groups is 1. The molecule has 2 rings (SSSR count). The van der Waals surface area contributed by atoms with Gasteiger partial charge in [0.05, 0.1) is 16.5 Å². The molecule has 6 nitrogen and oxygen atoms in total. The van der Waals surface area contributed by atoms with E-state index in [9.17, 15) is 13.2 Å². The summed E-state index contributed by atoms with van der Waals surface area (Å²) in [6, 6.07) is 7.57. The number of hydrogen-bond acceptors (Lipinski definition) is 4. The third-order valence-corrected chi connectivity index (χ3v) is 6.06. The van der Waals surface area contributed by atoms with Gasteiger partial charge in [-0.05, 0) is 57.0 Å². The Bertz CT molecular complexity index is 951. The minimum Gasteiger partial charge on any atom is -0.491 e. The van der Waals surface area contributed by atoms with Gasteiger partial charge in [-0.15, -0.1) is 0 Å². The van der Waals surface area contributed by atoms with Gasteiger partial charge < -0.3 is 10.5 Å². The molecule has 146 valence electrons. The Morgan fingerprint density at radius 2 is 1.78 bits per heavy atom. The van der Waals surface area contributed by atoms with Crippen LogP contribution in [0.2, 0.25) is 5.02 Å². The van der Waals surface area contributed by atoms with Crippen LogP contribution in [0.5, 0.6) is 5.75 Å². The molecule has 1 atom stereocenters. The van der Waals surface area contributed by atoms with E-state index in [-0.39, 0.29) is 22.8 Å². The highest BCUT2D eigenvalue weighted by atomic mass is 35.5. The van der Waals surface area contributed by atoms with E-state index in [4.69, 9.17) is 22.1 Å². The third kappa shape index (κ3) is 5.22. The number of aryl methyl sites for hydroxylation is 3. The Morgan fingerprint density at radius 3 is 2.33 bits per heavy atom. The number of benzene rings is 2. The first-order valence-electron chi connectivity index (χ1n) is 8.33. The summed E-state index contributed by atoms with van der Waals surface area (Å²) in [7, 11) is -3.72. The van der Waals surface area contributed by atoms with Crippen molar-refractivity contribution in [3.8, 4) is 5.75 Å². The maximum Gasteiger partial charge on any atom is 0.252 e. The Kier molecular flexibility index (Phi) is 6.51. The molecule has 0 aliphatic carbocycles. The highest BCUT2D eigenvalue weighted by molar-refractivity contribution is 7.89. The smallest absolute Gasteiger partial charge is 0.252 e. The summed E-state index contributed by atoms with van der Waals surface area (Å²) in [5, 5.41) is 0.383. The molecule has 2 aromatic carbocycles. The second-order valence-electron chi connectivity index (χ2n) is 6.57. The number of hydrogen-bond donors (Lipinski definition) is 2. The molecule has 0 bridgehead atoms. The van der Waals surface area contributed by atoms with Gasteiger partial charge in [0.15, 0.2) is 0 Å². The summed E-state index contributed by atoms with van der Waals surface area (Å²) in [4.78, 5) is 11.7. The highest BCUT2D eigenvalue weighted by Crippen LogP contribution is 2.24. The van der Waals surface area contributed by atoms with Gasteiger partial charge in [0.1, 0.15) is 12.4 Å². The molecule has 2 aromatic rings. The van der Waals surface area contributed by atoms with Crippen molar-refractivity contribution in [2.24, 2.45) is 5.73 Å². The molecule has 0 saturated heterocycles. The minimum atomic E-state index is -3.72. The zero-order valence-electron chi connectivity index (χ0n) is 15.7. The van der Waals surface area contributed by atoms with Crippen LogP contribution in [0.1, 0.15) is 34.0 Å². The first-order valence-corrected chi connectivity index (χ1v) is 10.2. The maximum absolute atomic E-state index is 12.8. The van der Waals surface area contributed by atoms with E-state index in [1.807, 2.05) is 19.1 Å². The zero-order valence-corrected chi connectivity index (χ0v) is 17.2. The van der Waals surface area contributed by atoms with Crippen molar-refractivity contribution >= 4 is 27.5 Å². The summed E-state index contributed by atoms with van der Waals surface area (Å²) in [6.07, 6.45) is 0. The molecular weight excluding hydrogens is 388 g/mol. The number of rotatable bonds is 7. The van der Waals surface area contributed by atoms with Crippen LogP contribution >= 0.6 is 11.6 Å². The minimum absolute atomic E-state index is 0.00378. The number of primary amides is 1. The molecule has 0 saturated carbocycles. The molecule has 27 heavy (non-hydrogen) atoms. The van der Waals surface area contributed by atoms with Crippen LogP contribution in [0, 0.1) is 20.8 Å². The molecule has 0 unspecified atom stereocenters. The van der Waals surface area contributed by atoms with Gasteiger partial charge >= 0.3 is 0 Å². The number of ether oxygens (including phenoxy) is 1. The van der Waals surface area contributed by atoms with Crippen LogP contribution < -0.4 is 15.2 Å². The predicted molar refractivity (Wildman–Crippen MR) is 106 cm³/mol. The fourth-order valence-corrected chi connectivity index (χ4v) is 4.83. The van der Waals surface area contributed by atoms with E-state index in [1.165, 1.54) is 18.2 Å². The molecule has 1 amide bonds. The lowest BCUT2D eigenvalue weighted by molar-refractivity contribution is 0.0996. The van der Waals surface area contributed by atoms with Gasteiger partial charge in [-0.1, -0.05) is 29.3 Å². The fourth-order valence-electron chi connectivity index (χ4n) is 2.98. The van der Waals surface area contributed by atoms with E-state index in [2.05, 4.69) is 4.72 Å². The fraction of sp³-hybridized carbons (Fsp3) is 0.316. The third-order valence-electron chi connectivity index (χ3n) is 3.93. The summed E-state index contributed by atoms with van der Waals surface area (Å²) >= 11 is 5.93. The summed E-state index contributed by atoms with van der Waals surface area (Å²) in [5.41, 5.74) is 7.86. The van der Waals surface area contributed by atoms with E-state index in [0.29, 0.717) is 16.1 Å². The number of amides is 1. The largest absolute Gasteiger partial charge is 0.491 e. The van der Waals surface area contributed by atoms with Gasteiger partial charge in [0.2, 0.25) is 10.0 Å². The molecule has 0 aliphatic rings. The first kappa shape index (κ1) is 21.2. The lowest BCUT2D eigenvalue weighted by Gasteiger charge is -2.18. The molecule has 8 heteroatoms. The SMILES string of the molecule is Cc1cc(C)c(S(=O)(=O)N[C@@H](C)COc2cc(Cl)ccc2C(N)=O)c(C)c1. The number of carbonyl (C=O) groups excluding carboxylic acids is 1. The van der Waals surface area contributed by atoms with Crippen molar-refractivity contribution in [2.75, 3.05) is 6.61 Å². The molecule has 0 aromatic heterocycles. The Balaban J connectivity index is 2.16. The molecule has 0 heterocycles. The monoisotopic (exact) mass is 410 g/mol. The van der Waals surface area contributed by atoms with E-state index < -0.39 is 22.0 Å². The van der Waals surface area contributed by atoms with E-state index >= 15 is 0 Å². The molecule has 3 N–H and O–H groups in total. The van der Waals surface area contributed by atoms with Gasteiger partial charge in [-0.3, -0.25) is 4.79 Å². The van der Waals surface area contributed by atoms with Gasteiger partial charge in [-0.2, -0.15) is 0 Å². The number of nitrogens with two attached hydrogens (primary N) is 1. The first-order chi connectivity index (χ1) is 12.5. The van der Waals surface area contributed by atoms with Crippen molar-refractivity contribution in [3.63, 3.8) is 0 Å². The van der Waals surface area contributed by atoms with Crippen LogP contribution in [0.15, 0.2) is 35.2 Å². The highest BCUT2D eigenvalue weighted by Gasteiger charge is 2.22. The second kappa shape index (κ2) is 8.29. The lowest BCUT2D eigenvalue weighted by atomic mass is 10.1. The average Bonchev–Trinajstić information content (AvgIpc) is 2.50. The number of halogens is 1. The lowest BCUT2D eigenvalue weighted by Crippen LogP contribution is -2.37. The Hall–Kier alpha value is -2.09. The standard InChI is InChI=1S/C19H23ClN2O4S/c1-11-7-12(2)18(13(3)8-11)27(24,25)22-14(4)10-26-17-9-15(20)5-6-16(17)19(21)23/h5-9,14,22H,10H2,1-4H3,(H2,21,23)/t14-/m0/s1. The van der Waals surface area contributed by atoms with Crippen molar-refractivity contribution in [1.82, 2.24) is 4.72 Å². The number of nitrogens with one attached hydrogen (secondary N) is 1. The average molecular weight is 411 g/mol. The zero-order chi connectivity index (χ0) is 20.4. The second-order valence-corrected chi connectivity index (χ2v) is 8.65. The molecule has 0 spiro atoms. The van der Waals surface area contributed by atoms with Gasteiger partial charge in [0.25, 0.3) is 5.91 Å². The maximum atomic E-state index is 12.8. The number of sulfonamides is 1. The molecule has 0 aliphatic heterocycles. The van der Waals surface area contributed by atoms with Crippen molar-refractivity contribution in [3.05, 3.63) is 57.6 Å². The topological polar surface area (TPSA) is 98.5 Å². The predicted octanol–water partition coefficient (Wildman–Crippen LogP) is 3.11. The van der Waals surface area contributed by atoms with Crippen molar-refractivity contribution < 1.29 is 17.9 Å². The quantitative estimate of drug-likeness (QED) is 0.732. The summed E-state index contributed by atoms with van der Waals surface area (Å²) in [6.45, 7) is 7.12. The Labute approximate surface area is 164 Å². The van der Waals surface area contributed by atoms with E-state index in [0.717, 1.165) is 5.56 Å².